The van der Waals surface area contributed by atoms with Gasteiger partial charge in [-0.2, -0.15) is 5.26 Å². The molecule has 1 amide bonds. The molecule has 1 aromatic carbocycles. The van der Waals surface area contributed by atoms with Gasteiger partial charge in [-0.25, -0.2) is 8.42 Å². The number of carbonyl (C=O) groups excluding carboxylic acids is 1. The molecule has 0 bridgehead atoms. The average molecular weight is 371 g/mol. The monoisotopic (exact) mass is 371 g/mol. The van der Waals surface area contributed by atoms with Crippen LogP contribution in [-0.2, 0) is 9.84 Å². The molecule has 0 spiro atoms. The molecule has 1 N–H and O–H groups in total. The van der Waals surface area contributed by atoms with Gasteiger partial charge in [0, 0.05) is 18.8 Å². The minimum absolute atomic E-state index is 0.103. The van der Waals surface area contributed by atoms with E-state index >= 15 is 0 Å². The van der Waals surface area contributed by atoms with E-state index in [1.807, 2.05) is 6.07 Å². The van der Waals surface area contributed by atoms with Gasteiger partial charge >= 0.3 is 0 Å². The Bertz CT molecular complexity index is 949. The first kappa shape index (κ1) is 17.8. The molecule has 8 nitrogen and oxygen atoms in total. The summed E-state index contributed by atoms with van der Waals surface area (Å²) in [6, 6.07) is 11.5. The first-order valence-electron chi connectivity index (χ1n) is 7.96. The Labute approximate surface area is 151 Å². The van der Waals surface area contributed by atoms with E-state index in [9.17, 15) is 13.2 Å². The first-order valence-corrected chi connectivity index (χ1v) is 9.78. The third-order valence-electron chi connectivity index (χ3n) is 4.27. The number of sulfone groups is 1. The molecule has 2 heterocycles. The van der Waals surface area contributed by atoms with Crippen LogP contribution >= 0.6 is 0 Å². The van der Waals surface area contributed by atoms with E-state index in [0.29, 0.717) is 23.5 Å². The molecule has 26 heavy (non-hydrogen) atoms. The number of nitrogens with zero attached hydrogens (tertiary/aromatic N) is 4. The van der Waals surface area contributed by atoms with Crippen molar-refractivity contribution in [3.63, 3.8) is 0 Å². The number of carbonyl (C=O) groups is 1. The second-order valence-corrected chi connectivity index (χ2v) is 8.32. The van der Waals surface area contributed by atoms with Gasteiger partial charge in [-0.3, -0.25) is 4.79 Å². The predicted molar refractivity (Wildman–Crippen MR) is 96.6 cm³/mol. The molecular weight excluding hydrogens is 354 g/mol. The van der Waals surface area contributed by atoms with Gasteiger partial charge in [-0.1, -0.05) is 0 Å². The van der Waals surface area contributed by atoms with Crippen molar-refractivity contribution in [2.75, 3.05) is 28.8 Å². The Morgan fingerprint density at radius 2 is 1.96 bits per heavy atom. The molecule has 0 aliphatic carbocycles. The fourth-order valence-electron chi connectivity index (χ4n) is 2.73. The maximum absolute atomic E-state index is 12.2. The highest BCUT2D eigenvalue weighted by Crippen LogP contribution is 2.21. The van der Waals surface area contributed by atoms with Gasteiger partial charge in [-0.15, -0.1) is 10.2 Å². The molecule has 0 radical (unpaired) electrons. The summed E-state index contributed by atoms with van der Waals surface area (Å²) >= 11 is 0. The molecule has 3 rings (SSSR count). The molecular formula is C17H17N5O3S. The third kappa shape index (κ3) is 3.97. The number of hydrogen-bond donors (Lipinski definition) is 1. The van der Waals surface area contributed by atoms with Gasteiger partial charge in [-0.05, 0) is 42.8 Å². The number of amides is 1. The Morgan fingerprint density at radius 3 is 2.50 bits per heavy atom. The van der Waals surface area contributed by atoms with Crippen molar-refractivity contribution >= 4 is 27.2 Å². The van der Waals surface area contributed by atoms with Crippen LogP contribution in [0.15, 0.2) is 36.4 Å². The second-order valence-electron chi connectivity index (χ2n) is 6.09. The highest BCUT2D eigenvalue weighted by Gasteiger charge is 2.31. The SMILES string of the molecule is CN(c1ccc(C(=O)Nc2ccc(C#N)cc2)nn1)C1CCS(=O)(=O)C1. The van der Waals surface area contributed by atoms with Crippen LogP contribution in [0.4, 0.5) is 11.5 Å². The second kappa shape index (κ2) is 7.09. The van der Waals surface area contributed by atoms with Crippen molar-refractivity contribution in [3.05, 3.63) is 47.7 Å². The maximum atomic E-state index is 12.2. The number of rotatable bonds is 4. The highest BCUT2D eigenvalue weighted by molar-refractivity contribution is 7.91. The van der Waals surface area contributed by atoms with Gasteiger partial charge in [0.1, 0.15) is 0 Å². The zero-order valence-corrected chi connectivity index (χ0v) is 14.9. The lowest BCUT2D eigenvalue weighted by Gasteiger charge is -2.23. The normalized spacial score (nSPS) is 18.1. The largest absolute Gasteiger partial charge is 0.354 e. The van der Waals surface area contributed by atoms with Gasteiger partial charge in [0.25, 0.3) is 5.91 Å². The minimum Gasteiger partial charge on any atom is -0.354 e. The van der Waals surface area contributed by atoms with Crippen LogP contribution in [0.1, 0.15) is 22.5 Å². The number of nitriles is 1. The smallest absolute Gasteiger partial charge is 0.276 e. The Morgan fingerprint density at radius 1 is 1.23 bits per heavy atom. The van der Waals surface area contributed by atoms with Crippen molar-refractivity contribution in [3.8, 4) is 6.07 Å². The molecule has 1 fully saturated rings. The molecule has 2 aromatic rings. The van der Waals surface area contributed by atoms with Crippen LogP contribution in [0, 0.1) is 11.3 Å². The number of benzene rings is 1. The molecule has 0 saturated carbocycles. The van der Waals surface area contributed by atoms with Crippen molar-refractivity contribution in [2.24, 2.45) is 0 Å². The van der Waals surface area contributed by atoms with Crippen LogP contribution in [-0.4, -0.2) is 49.1 Å². The zero-order valence-electron chi connectivity index (χ0n) is 14.1. The van der Waals surface area contributed by atoms with Gasteiger partial charge in [0.05, 0.1) is 23.1 Å². The molecule has 1 atom stereocenters. The number of aromatic nitrogens is 2. The molecule has 1 aliphatic rings. The summed E-state index contributed by atoms with van der Waals surface area (Å²) in [7, 11) is -1.21. The lowest BCUT2D eigenvalue weighted by atomic mass is 10.2. The summed E-state index contributed by atoms with van der Waals surface area (Å²) in [5, 5.41) is 19.4. The lowest BCUT2D eigenvalue weighted by molar-refractivity contribution is 0.102. The molecule has 1 saturated heterocycles. The van der Waals surface area contributed by atoms with Crippen molar-refractivity contribution in [2.45, 2.75) is 12.5 Å². The standard InChI is InChI=1S/C17H17N5O3S/c1-22(14-8-9-26(24,25)11-14)16-7-6-15(20-21-16)17(23)19-13-4-2-12(10-18)3-5-13/h2-7,14H,8-9,11H2,1H3,(H,19,23). The predicted octanol–water partition coefficient (Wildman–Crippen LogP) is 1.22. The molecule has 9 heteroatoms. The van der Waals surface area contributed by atoms with E-state index < -0.39 is 15.7 Å². The third-order valence-corrected chi connectivity index (χ3v) is 6.02. The summed E-state index contributed by atoms with van der Waals surface area (Å²) in [6.45, 7) is 0. The van der Waals surface area contributed by atoms with Crippen LogP contribution < -0.4 is 10.2 Å². The lowest BCUT2D eigenvalue weighted by Crippen LogP contribution is -2.33. The van der Waals surface area contributed by atoms with Gasteiger partial charge in [0.15, 0.2) is 21.3 Å². The highest BCUT2D eigenvalue weighted by atomic mass is 32.2. The Kier molecular flexibility index (Phi) is 4.86. The molecule has 1 aliphatic heterocycles. The fourth-order valence-corrected chi connectivity index (χ4v) is 4.50. The molecule has 1 aromatic heterocycles. The van der Waals surface area contributed by atoms with Crippen LogP contribution in [0.25, 0.3) is 0 Å². The summed E-state index contributed by atoms with van der Waals surface area (Å²) < 4.78 is 23.2. The summed E-state index contributed by atoms with van der Waals surface area (Å²) in [6.07, 6.45) is 0.557. The number of hydrogen-bond acceptors (Lipinski definition) is 7. The fraction of sp³-hybridized carbons (Fsp3) is 0.294. The van der Waals surface area contributed by atoms with Gasteiger partial charge in [0.2, 0.25) is 0 Å². The average Bonchev–Trinajstić information content (AvgIpc) is 3.01. The first-order chi connectivity index (χ1) is 12.4. The quantitative estimate of drug-likeness (QED) is 0.859. The Balaban J connectivity index is 1.66. The van der Waals surface area contributed by atoms with Crippen LogP contribution in [0.3, 0.4) is 0 Å². The molecule has 134 valence electrons. The van der Waals surface area contributed by atoms with E-state index in [1.165, 1.54) is 0 Å². The summed E-state index contributed by atoms with van der Waals surface area (Å²) in [4.78, 5) is 14.0. The van der Waals surface area contributed by atoms with Gasteiger partial charge < -0.3 is 10.2 Å². The minimum atomic E-state index is -2.98. The van der Waals surface area contributed by atoms with Crippen molar-refractivity contribution < 1.29 is 13.2 Å². The van der Waals surface area contributed by atoms with Crippen molar-refractivity contribution in [1.29, 1.82) is 5.26 Å². The van der Waals surface area contributed by atoms with E-state index in [2.05, 4.69) is 15.5 Å². The molecule has 1 unspecified atom stereocenters. The van der Waals surface area contributed by atoms with Crippen LogP contribution in [0.5, 0.6) is 0 Å². The van der Waals surface area contributed by atoms with E-state index in [0.717, 1.165) is 0 Å². The van der Waals surface area contributed by atoms with E-state index in [1.54, 1.807) is 48.3 Å². The Hall–Kier alpha value is -2.99. The number of anilines is 2. The van der Waals surface area contributed by atoms with E-state index in [4.69, 9.17) is 5.26 Å². The summed E-state index contributed by atoms with van der Waals surface area (Å²) in [5.74, 6) is 0.383. The van der Waals surface area contributed by atoms with E-state index in [-0.39, 0.29) is 23.2 Å². The van der Waals surface area contributed by atoms with Crippen molar-refractivity contribution in [1.82, 2.24) is 10.2 Å². The van der Waals surface area contributed by atoms with Crippen LogP contribution in [0.2, 0.25) is 0 Å². The maximum Gasteiger partial charge on any atom is 0.276 e. The number of nitrogens with one attached hydrogen (secondary N) is 1. The summed E-state index contributed by atoms with van der Waals surface area (Å²) in [5.41, 5.74) is 1.20. The zero-order chi connectivity index (χ0) is 18.7. The topological polar surface area (TPSA) is 116 Å².